The van der Waals surface area contributed by atoms with E-state index in [-0.39, 0.29) is 5.91 Å². The second-order valence-corrected chi connectivity index (χ2v) is 6.51. The van der Waals surface area contributed by atoms with E-state index in [0.29, 0.717) is 18.2 Å². The summed E-state index contributed by atoms with van der Waals surface area (Å²) in [6.07, 6.45) is 12.6. The normalized spacial score (nSPS) is 14.5. The van der Waals surface area contributed by atoms with Crippen molar-refractivity contribution in [1.82, 2.24) is 15.3 Å². The molecule has 2 N–H and O–H groups in total. The second kappa shape index (κ2) is 9.28. The molecule has 1 aliphatic rings. The summed E-state index contributed by atoms with van der Waals surface area (Å²) in [7, 11) is 0. The minimum atomic E-state index is -0.155. The van der Waals surface area contributed by atoms with Crippen LogP contribution in [-0.2, 0) is 0 Å². The summed E-state index contributed by atoms with van der Waals surface area (Å²) in [5.74, 6) is 1.14. The number of carbonyl (C=O) groups excluding carboxylic acids is 1. The van der Waals surface area contributed by atoms with E-state index in [1.165, 1.54) is 37.5 Å². The smallest absolute Gasteiger partial charge is 0.271 e. The summed E-state index contributed by atoms with van der Waals surface area (Å²) in [5, 5.41) is 6.14. The lowest BCUT2D eigenvalue weighted by Gasteiger charge is -2.13. The van der Waals surface area contributed by atoms with Crippen molar-refractivity contribution >= 4 is 11.7 Å². The number of rotatable bonds is 8. The van der Waals surface area contributed by atoms with Crippen LogP contribution in [0.1, 0.15) is 62.9 Å². The zero-order valence-corrected chi connectivity index (χ0v) is 14.3. The monoisotopic (exact) mass is 316 g/mol. The quantitative estimate of drug-likeness (QED) is 0.720. The third-order valence-corrected chi connectivity index (χ3v) is 4.03. The molecule has 1 heterocycles. The van der Waals surface area contributed by atoms with E-state index in [2.05, 4.69) is 40.5 Å². The molecule has 1 aliphatic carbocycles. The fourth-order valence-corrected chi connectivity index (χ4v) is 2.58. The number of anilines is 1. The van der Waals surface area contributed by atoms with E-state index < -0.39 is 0 Å². The SMILES string of the molecule is CC(C)CCNC(=O)c1cnc(NCCC2=CCCCC2)cn1. The Labute approximate surface area is 139 Å². The Balaban J connectivity index is 1.73. The Bertz CT molecular complexity index is 522. The van der Waals surface area contributed by atoms with Crippen LogP contribution >= 0.6 is 0 Å². The predicted octanol–water partition coefficient (Wildman–Crippen LogP) is 3.55. The third kappa shape index (κ3) is 6.38. The van der Waals surface area contributed by atoms with Gasteiger partial charge in [0.05, 0.1) is 12.4 Å². The van der Waals surface area contributed by atoms with Crippen molar-refractivity contribution in [1.29, 1.82) is 0 Å². The van der Waals surface area contributed by atoms with Crippen molar-refractivity contribution in [2.45, 2.75) is 52.4 Å². The summed E-state index contributed by atoms with van der Waals surface area (Å²) >= 11 is 0. The lowest BCUT2D eigenvalue weighted by Crippen LogP contribution is -2.26. The van der Waals surface area contributed by atoms with Crippen LogP contribution < -0.4 is 10.6 Å². The molecule has 0 radical (unpaired) electrons. The lowest BCUT2D eigenvalue weighted by molar-refractivity contribution is 0.0946. The molecule has 1 amide bonds. The minimum Gasteiger partial charge on any atom is -0.368 e. The molecule has 1 aromatic heterocycles. The third-order valence-electron chi connectivity index (χ3n) is 4.03. The van der Waals surface area contributed by atoms with Crippen LogP contribution in [0.3, 0.4) is 0 Å². The zero-order valence-electron chi connectivity index (χ0n) is 14.3. The molecule has 5 nitrogen and oxygen atoms in total. The molecule has 0 saturated carbocycles. The highest BCUT2D eigenvalue weighted by Crippen LogP contribution is 2.19. The highest BCUT2D eigenvalue weighted by molar-refractivity contribution is 5.91. The van der Waals surface area contributed by atoms with Gasteiger partial charge in [-0.2, -0.15) is 0 Å². The van der Waals surface area contributed by atoms with Gasteiger partial charge in [-0.25, -0.2) is 9.97 Å². The van der Waals surface area contributed by atoms with Crippen LogP contribution in [0.25, 0.3) is 0 Å². The maximum Gasteiger partial charge on any atom is 0.271 e. The van der Waals surface area contributed by atoms with Crippen molar-refractivity contribution in [2.75, 3.05) is 18.4 Å². The van der Waals surface area contributed by atoms with Crippen molar-refractivity contribution in [2.24, 2.45) is 5.92 Å². The van der Waals surface area contributed by atoms with E-state index in [4.69, 9.17) is 0 Å². The van der Waals surface area contributed by atoms with Gasteiger partial charge in [0.25, 0.3) is 5.91 Å². The van der Waals surface area contributed by atoms with Crippen molar-refractivity contribution in [3.05, 3.63) is 29.7 Å². The summed E-state index contributed by atoms with van der Waals surface area (Å²) in [6, 6.07) is 0. The standard InChI is InChI=1S/C18H28N4O/c1-14(2)8-10-20-18(23)16-12-22-17(13-21-16)19-11-9-15-6-4-3-5-7-15/h6,12-14H,3-5,7-11H2,1-2H3,(H,19,22)(H,20,23). The lowest BCUT2D eigenvalue weighted by atomic mass is 9.97. The Morgan fingerprint density at radius 3 is 2.74 bits per heavy atom. The topological polar surface area (TPSA) is 66.9 Å². The van der Waals surface area contributed by atoms with E-state index >= 15 is 0 Å². The molecule has 1 aromatic rings. The first-order valence-electron chi connectivity index (χ1n) is 8.67. The first kappa shape index (κ1) is 17.4. The van der Waals surface area contributed by atoms with Gasteiger partial charge in [0.15, 0.2) is 0 Å². The molecule has 0 unspecified atom stereocenters. The number of hydrogen-bond acceptors (Lipinski definition) is 4. The number of amides is 1. The van der Waals surface area contributed by atoms with Crippen LogP contribution in [0.15, 0.2) is 24.0 Å². The van der Waals surface area contributed by atoms with Crippen LogP contribution in [-0.4, -0.2) is 29.0 Å². The van der Waals surface area contributed by atoms with Crippen molar-refractivity contribution in [3.8, 4) is 0 Å². The predicted molar refractivity (Wildman–Crippen MR) is 93.5 cm³/mol. The average Bonchev–Trinajstić information content (AvgIpc) is 2.56. The molecule has 0 aromatic carbocycles. The molecular weight excluding hydrogens is 288 g/mol. The minimum absolute atomic E-state index is 0.155. The van der Waals surface area contributed by atoms with E-state index in [0.717, 1.165) is 25.2 Å². The fraction of sp³-hybridized carbons (Fsp3) is 0.611. The van der Waals surface area contributed by atoms with E-state index in [1.807, 2.05) is 0 Å². The summed E-state index contributed by atoms with van der Waals surface area (Å²) in [5.41, 5.74) is 1.91. The Morgan fingerprint density at radius 2 is 2.09 bits per heavy atom. The van der Waals surface area contributed by atoms with Gasteiger partial charge >= 0.3 is 0 Å². The fourth-order valence-electron chi connectivity index (χ4n) is 2.58. The summed E-state index contributed by atoms with van der Waals surface area (Å²) < 4.78 is 0. The zero-order chi connectivity index (χ0) is 16.5. The maximum absolute atomic E-state index is 11.9. The molecule has 0 atom stereocenters. The molecule has 0 bridgehead atoms. The molecular formula is C18H28N4O. The van der Waals surface area contributed by atoms with Gasteiger partial charge in [-0.1, -0.05) is 25.5 Å². The van der Waals surface area contributed by atoms with E-state index in [9.17, 15) is 4.79 Å². The van der Waals surface area contributed by atoms with Crippen molar-refractivity contribution < 1.29 is 4.79 Å². The molecule has 0 spiro atoms. The Kier molecular flexibility index (Phi) is 7.04. The van der Waals surface area contributed by atoms with Gasteiger partial charge in [-0.3, -0.25) is 4.79 Å². The van der Waals surface area contributed by atoms with Crippen LogP contribution in [0.2, 0.25) is 0 Å². The average molecular weight is 316 g/mol. The number of nitrogens with one attached hydrogen (secondary N) is 2. The van der Waals surface area contributed by atoms with Crippen LogP contribution in [0, 0.1) is 5.92 Å². The van der Waals surface area contributed by atoms with Crippen LogP contribution in [0.4, 0.5) is 5.82 Å². The highest BCUT2D eigenvalue weighted by atomic mass is 16.1. The Hall–Kier alpha value is -1.91. The molecule has 0 aliphatic heterocycles. The maximum atomic E-state index is 11.9. The number of nitrogens with zero attached hydrogens (tertiary/aromatic N) is 2. The summed E-state index contributed by atoms with van der Waals surface area (Å²) in [6.45, 7) is 5.80. The molecule has 2 rings (SSSR count). The first-order valence-corrected chi connectivity index (χ1v) is 8.67. The molecule has 5 heteroatoms. The van der Waals surface area contributed by atoms with Gasteiger partial charge in [0, 0.05) is 13.1 Å². The first-order chi connectivity index (χ1) is 11.1. The molecule has 0 fully saturated rings. The number of hydrogen-bond donors (Lipinski definition) is 2. The Morgan fingerprint density at radius 1 is 1.22 bits per heavy atom. The molecule has 126 valence electrons. The molecule has 23 heavy (non-hydrogen) atoms. The van der Waals surface area contributed by atoms with Crippen molar-refractivity contribution in [3.63, 3.8) is 0 Å². The van der Waals surface area contributed by atoms with Gasteiger partial charge in [-0.05, 0) is 44.4 Å². The van der Waals surface area contributed by atoms with Gasteiger partial charge in [0.1, 0.15) is 11.5 Å². The van der Waals surface area contributed by atoms with Gasteiger partial charge in [0.2, 0.25) is 0 Å². The molecule has 0 saturated heterocycles. The summed E-state index contributed by atoms with van der Waals surface area (Å²) in [4.78, 5) is 20.4. The largest absolute Gasteiger partial charge is 0.368 e. The second-order valence-electron chi connectivity index (χ2n) is 6.51. The number of allylic oxidation sites excluding steroid dienone is 1. The van der Waals surface area contributed by atoms with Gasteiger partial charge < -0.3 is 10.6 Å². The van der Waals surface area contributed by atoms with Crippen LogP contribution in [0.5, 0.6) is 0 Å². The number of aromatic nitrogens is 2. The van der Waals surface area contributed by atoms with E-state index in [1.54, 1.807) is 6.20 Å². The van der Waals surface area contributed by atoms with Gasteiger partial charge in [-0.15, -0.1) is 0 Å². The highest BCUT2D eigenvalue weighted by Gasteiger charge is 2.08. The number of carbonyl (C=O) groups is 1.